The molecular weight excluding hydrogens is 156 g/mol. The molecule has 0 radical (unpaired) electrons. The molecule has 0 fully saturated rings. The minimum Gasteiger partial charge on any atom is -0.275 e. The van der Waals surface area contributed by atoms with Crippen molar-refractivity contribution in [2.24, 2.45) is 12.0 Å². The lowest BCUT2D eigenvalue weighted by Gasteiger charge is -1.93. The molecule has 0 aliphatic carbocycles. The molecule has 0 bridgehead atoms. The quantitative estimate of drug-likeness (QED) is 0.464. The third-order valence-electron chi connectivity index (χ3n) is 1.34. The fraction of sp³-hybridized carbons (Fsp3) is 0.286. The fourth-order valence-electron chi connectivity index (χ4n) is 0.812. The zero-order valence-electron chi connectivity index (χ0n) is 6.43. The molecule has 0 saturated heterocycles. The van der Waals surface area contributed by atoms with E-state index in [-0.39, 0.29) is 0 Å². The molecule has 0 aliphatic heterocycles. The van der Waals surface area contributed by atoms with Crippen LogP contribution in [0.2, 0.25) is 0 Å². The summed E-state index contributed by atoms with van der Waals surface area (Å²) >= 11 is 0. The van der Waals surface area contributed by atoms with E-state index in [1.165, 1.54) is 12.3 Å². The van der Waals surface area contributed by atoms with Crippen LogP contribution in [0.4, 0.5) is 0 Å². The number of aliphatic imine (C=N–C) groups is 1. The first-order valence-electron chi connectivity index (χ1n) is 3.23. The molecule has 5 heteroatoms. The van der Waals surface area contributed by atoms with Crippen LogP contribution in [-0.2, 0) is 11.8 Å². The summed E-state index contributed by atoms with van der Waals surface area (Å²) in [5.74, 6) is 0. The molecule has 5 nitrogen and oxygen atoms in total. The Morgan fingerprint density at radius 2 is 2.58 bits per heavy atom. The Bertz CT molecular complexity index is 356. The molecule has 1 rings (SSSR count). The molecule has 0 saturated carbocycles. The number of nitriles is 1. The summed E-state index contributed by atoms with van der Waals surface area (Å²) in [5, 5.41) is 12.4. The van der Waals surface area contributed by atoms with E-state index >= 15 is 0 Å². The first kappa shape index (κ1) is 8.18. The van der Waals surface area contributed by atoms with Crippen LogP contribution in [-0.4, -0.2) is 15.9 Å². The lowest BCUT2D eigenvalue weighted by Crippen LogP contribution is -1.89. The van der Waals surface area contributed by atoms with Crippen molar-refractivity contribution >= 4 is 6.08 Å². The van der Waals surface area contributed by atoms with Crippen molar-refractivity contribution in [2.45, 2.75) is 6.04 Å². The number of aryl methyl sites for hydroxylation is 1. The summed E-state index contributed by atoms with van der Waals surface area (Å²) in [6, 6.07) is 1.07. The summed E-state index contributed by atoms with van der Waals surface area (Å²) in [4.78, 5) is 13.2. The van der Waals surface area contributed by atoms with Gasteiger partial charge in [-0.3, -0.25) is 4.68 Å². The smallest absolute Gasteiger partial charge is 0.236 e. The molecular formula is C7H6N4O. The summed E-state index contributed by atoms with van der Waals surface area (Å²) in [7, 11) is 1.72. The first-order valence-corrected chi connectivity index (χ1v) is 3.23. The van der Waals surface area contributed by atoms with E-state index in [1.807, 2.05) is 6.07 Å². The maximum Gasteiger partial charge on any atom is 0.236 e. The molecule has 0 spiro atoms. The van der Waals surface area contributed by atoms with Gasteiger partial charge in [-0.25, -0.2) is 4.79 Å². The zero-order valence-corrected chi connectivity index (χ0v) is 6.43. The predicted molar refractivity (Wildman–Crippen MR) is 39.7 cm³/mol. The Labute approximate surface area is 68.9 Å². The van der Waals surface area contributed by atoms with Gasteiger partial charge in [0.1, 0.15) is 0 Å². The number of hydrogen-bond acceptors (Lipinski definition) is 4. The van der Waals surface area contributed by atoms with Gasteiger partial charge in [0.15, 0.2) is 6.04 Å². The van der Waals surface area contributed by atoms with E-state index in [2.05, 4.69) is 10.1 Å². The minimum atomic E-state index is -0.781. The van der Waals surface area contributed by atoms with E-state index < -0.39 is 6.04 Å². The van der Waals surface area contributed by atoms with Crippen molar-refractivity contribution in [1.82, 2.24) is 9.78 Å². The van der Waals surface area contributed by atoms with Gasteiger partial charge in [-0.1, -0.05) is 0 Å². The SMILES string of the molecule is Cn1cc(C(C#N)N=C=O)cn1. The lowest BCUT2D eigenvalue weighted by atomic mass is 10.2. The molecule has 0 aromatic carbocycles. The van der Waals surface area contributed by atoms with Gasteiger partial charge < -0.3 is 0 Å². The van der Waals surface area contributed by atoms with E-state index in [9.17, 15) is 4.79 Å². The van der Waals surface area contributed by atoms with Gasteiger partial charge in [0.25, 0.3) is 0 Å². The second-order valence-electron chi connectivity index (χ2n) is 2.20. The predicted octanol–water partition coefficient (Wildman–Crippen LogP) is 0.321. The molecule has 0 N–H and O–H groups in total. The van der Waals surface area contributed by atoms with Gasteiger partial charge in [0.2, 0.25) is 6.08 Å². The maximum atomic E-state index is 9.88. The second kappa shape index (κ2) is 3.46. The number of nitrogens with zero attached hydrogens (tertiary/aromatic N) is 4. The van der Waals surface area contributed by atoms with Crippen LogP contribution >= 0.6 is 0 Å². The van der Waals surface area contributed by atoms with E-state index in [4.69, 9.17) is 5.26 Å². The van der Waals surface area contributed by atoms with Crippen molar-refractivity contribution in [3.8, 4) is 6.07 Å². The minimum absolute atomic E-state index is 0.600. The largest absolute Gasteiger partial charge is 0.275 e. The fourth-order valence-corrected chi connectivity index (χ4v) is 0.812. The van der Waals surface area contributed by atoms with Crippen LogP contribution in [0.15, 0.2) is 17.4 Å². The monoisotopic (exact) mass is 162 g/mol. The second-order valence-corrected chi connectivity index (χ2v) is 2.20. The van der Waals surface area contributed by atoms with Crippen LogP contribution in [0.1, 0.15) is 11.6 Å². The molecule has 1 aromatic rings. The molecule has 1 unspecified atom stereocenters. The average molecular weight is 162 g/mol. The van der Waals surface area contributed by atoms with Crippen LogP contribution in [0.25, 0.3) is 0 Å². The number of hydrogen-bond donors (Lipinski definition) is 0. The first-order chi connectivity index (χ1) is 5.77. The molecule has 12 heavy (non-hydrogen) atoms. The highest BCUT2D eigenvalue weighted by Gasteiger charge is 2.09. The van der Waals surface area contributed by atoms with Gasteiger partial charge in [-0.2, -0.15) is 15.4 Å². The number of carbonyl (C=O) groups excluding carboxylic acids is 1. The van der Waals surface area contributed by atoms with Gasteiger partial charge >= 0.3 is 0 Å². The summed E-state index contributed by atoms with van der Waals surface area (Å²) in [5.41, 5.74) is 0.600. The van der Waals surface area contributed by atoms with Crippen LogP contribution in [0.5, 0.6) is 0 Å². The molecule has 0 amide bonds. The van der Waals surface area contributed by atoms with Crippen molar-refractivity contribution in [3.05, 3.63) is 18.0 Å². The molecule has 0 aliphatic rings. The topological polar surface area (TPSA) is 71.0 Å². The lowest BCUT2D eigenvalue weighted by molar-refractivity contribution is 0.561. The summed E-state index contributed by atoms with van der Waals surface area (Å²) < 4.78 is 1.54. The highest BCUT2D eigenvalue weighted by atomic mass is 16.1. The van der Waals surface area contributed by atoms with Gasteiger partial charge in [0.05, 0.1) is 12.3 Å². The standard InChI is InChI=1S/C7H6N4O/c1-11-4-6(3-10-11)7(2-8)9-5-12/h3-4,7H,1H3. The average Bonchev–Trinajstić information content (AvgIpc) is 2.47. The van der Waals surface area contributed by atoms with Gasteiger partial charge in [-0.15, -0.1) is 0 Å². The van der Waals surface area contributed by atoms with E-state index in [0.29, 0.717) is 5.56 Å². The Balaban J connectivity index is 2.96. The van der Waals surface area contributed by atoms with Crippen LogP contribution in [0, 0.1) is 11.3 Å². The third kappa shape index (κ3) is 1.57. The molecule has 1 atom stereocenters. The summed E-state index contributed by atoms with van der Waals surface area (Å²) in [6.45, 7) is 0. The van der Waals surface area contributed by atoms with E-state index in [1.54, 1.807) is 17.9 Å². The Kier molecular flexibility index (Phi) is 2.36. The van der Waals surface area contributed by atoms with Crippen molar-refractivity contribution in [2.75, 3.05) is 0 Å². The van der Waals surface area contributed by atoms with Crippen LogP contribution in [0.3, 0.4) is 0 Å². The number of isocyanates is 1. The van der Waals surface area contributed by atoms with Gasteiger partial charge in [-0.05, 0) is 0 Å². The van der Waals surface area contributed by atoms with Gasteiger partial charge in [0, 0.05) is 18.8 Å². The maximum absolute atomic E-state index is 9.88. The van der Waals surface area contributed by atoms with Crippen molar-refractivity contribution < 1.29 is 4.79 Å². The Morgan fingerprint density at radius 1 is 1.83 bits per heavy atom. The Hall–Kier alpha value is -1.92. The highest BCUT2D eigenvalue weighted by molar-refractivity contribution is 5.36. The van der Waals surface area contributed by atoms with Crippen molar-refractivity contribution in [1.29, 1.82) is 5.26 Å². The molecule has 1 aromatic heterocycles. The zero-order chi connectivity index (χ0) is 8.97. The Morgan fingerprint density at radius 3 is 3.00 bits per heavy atom. The van der Waals surface area contributed by atoms with Crippen LogP contribution < -0.4 is 0 Å². The molecule has 60 valence electrons. The molecule has 1 heterocycles. The third-order valence-corrected chi connectivity index (χ3v) is 1.34. The normalized spacial score (nSPS) is 11.3. The van der Waals surface area contributed by atoms with Crippen molar-refractivity contribution in [3.63, 3.8) is 0 Å². The highest BCUT2D eigenvalue weighted by Crippen LogP contribution is 2.13. The summed E-state index contributed by atoms with van der Waals surface area (Å²) in [6.07, 6.45) is 4.47. The van der Waals surface area contributed by atoms with E-state index in [0.717, 1.165) is 0 Å². The number of rotatable bonds is 2. The number of aromatic nitrogens is 2.